The Hall–Kier alpha value is -3.34. The zero-order valence-electron chi connectivity index (χ0n) is 21.9. The van der Waals surface area contributed by atoms with Crippen molar-refractivity contribution in [3.8, 4) is 0 Å². The summed E-state index contributed by atoms with van der Waals surface area (Å²) in [6, 6.07) is 16.3. The molecule has 206 valence electrons. The third-order valence-corrected chi connectivity index (χ3v) is 8.31. The largest absolute Gasteiger partial charge is 0.381 e. The number of carbonyl (C=O) groups is 3. The fraction of sp³-hybridized carbons (Fsp3) is 0.357. The molecule has 4 rings (SSSR count). The van der Waals surface area contributed by atoms with E-state index in [0.29, 0.717) is 6.54 Å². The molecule has 1 aliphatic heterocycles. The minimum Gasteiger partial charge on any atom is -0.381 e. The van der Waals surface area contributed by atoms with Gasteiger partial charge < -0.3 is 25.2 Å². The Bertz CT molecular complexity index is 1330. The zero-order valence-corrected chi connectivity index (χ0v) is 23.5. The lowest BCUT2D eigenvalue weighted by Crippen LogP contribution is -2.58. The van der Waals surface area contributed by atoms with Gasteiger partial charge in [0, 0.05) is 17.4 Å². The van der Waals surface area contributed by atoms with E-state index >= 15 is 0 Å². The second-order valence-electron chi connectivity index (χ2n) is 9.96. The van der Waals surface area contributed by atoms with Crippen molar-refractivity contribution in [1.29, 1.82) is 0 Å². The first-order chi connectivity index (χ1) is 18.6. The number of nitrogens with one attached hydrogen (secondary N) is 2. The van der Waals surface area contributed by atoms with Crippen molar-refractivity contribution in [2.24, 2.45) is 0 Å². The van der Waals surface area contributed by atoms with Gasteiger partial charge in [-0.15, -0.1) is 11.8 Å². The highest BCUT2D eigenvalue weighted by atomic mass is 35.5. The highest BCUT2D eigenvalue weighted by Crippen LogP contribution is 2.40. The maximum atomic E-state index is 13.7. The Morgan fingerprint density at radius 2 is 1.87 bits per heavy atom. The van der Waals surface area contributed by atoms with Gasteiger partial charge in [-0.3, -0.25) is 14.4 Å². The highest BCUT2D eigenvalue weighted by Gasteiger charge is 2.49. The van der Waals surface area contributed by atoms with Gasteiger partial charge >= 0.3 is 0 Å². The number of aliphatic hydroxyl groups is 1. The fourth-order valence-corrected chi connectivity index (χ4v) is 5.83. The molecule has 3 amide bonds. The van der Waals surface area contributed by atoms with E-state index in [9.17, 15) is 19.5 Å². The molecule has 1 fully saturated rings. The van der Waals surface area contributed by atoms with Crippen molar-refractivity contribution in [1.82, 2.24) is 20.7 Å². The maximum Gasteiger partial charge on any atom is 0.273 e. The van der Waals surface area contributed by atoms with Crippen LogP contribution in [0.15, 0.2) is 65.2 Å². The number of amides is 3. The monoisotopic (exact) mass is 570 g/mol. The minimum absolute atomic E-state index is 0.0627. The molecule has 0 saturated carbocycles. The molecule has 0 aliphatic carbocycles. The molecule has 3 aromatic rings. The number of thioether (sulfide) groups is 1. The summed E-state index contributed by atoms with van der Waals surface area (Å²) in [5.41, 5.74) is 2.75. The van der Waals surface area contributed by atoms with Crippen LogP contribution in [0, 0.1) is 6.92 Å². The van der Waals surface area contributed by atoms with Crippen molar-refractivity contribution in [3.05, 3.63) is 88.3 Å². The van der Waals surface area contributed by atoms with Gasteiger partial charge in [0.2, 0.25) is 11.1 Å². The predicted octanol–water partition coefficient (Wildman–Crippen LogP) is 3.33. The maximum absolute atomic E-state index is 13.7. The van der Waals surface area contributed by atoms with E-state index in [1.165, 1.54) is 22.7 Å². The average Bonchev–Trinajstić information content (AvgIpc) is 3.49. The number of aryl methyl sites for hydroxylation is 1. The van der Waals surface area contributed by atoms with Gasteiger partial charge in [0.25, 0.3) is 11.8 Å². The van der Waals surface area contributed by atoms with Crippen molar-refractivity contribution in [3.63, 3.8) is 0 Å². The first-order valence-electron chi connectivity index (χ1n) is 12.5. The quantitative estimate of drug-likeness (QED) is 0.360. The van der Waals surface area contributed by atoms with Crippen LogP contribution in [0.4, 0.5) is 0 Å². The standard InChI is InChI=1S/C28H31ClN4O5S/c1-17-9-7-8-12-19(17)15-30-26(36)24-28(2,3)39-16-33(24)27(37)23(34)20(13-18-10-5-4-6-11-18)31-25(35)21-14-22(29)38-32-21/h4-12,14,20,23-24,34H,13,15-16H2,1-3H3,(H,30,36)(H,31,35)/t20?,23-,24?/m0/s1. The van der Waals surface area contributed by atoms with Crippen molar-refractivity contribution < 1.29 is 24.0 Å². The van der Waals surface area contributed by atoms with Gasteiger partial charge in [0.15, 0.2) is 11.8 Å². The molecule has 1 aromatic heterocycles. The molecule has 2 heterocycles. The summed E-state index contributed by atoms with van der Waals surface area (Å²) in [6.45, 7) is 6.08. The summed E-state index contributed by atoms with van der Waals surface area (Å²) < 4.78 is 4.17. The summed E-state index contributed by atoms with van der Waals surface area (Å²) in [5.74, 6) is -1.39. The molecule has 1 aliphatic rings. The number of nitrogens with zero attached hydrogens (tertiary/aromatic N) is 2. The van der Waals surface area contributed by atoms with Gasteiger partial charge in [-0.2, -0.15) is 0 Å². The lowest BCUT2D eigenvalue weighted by atomic mass is 9.97. The Morgan fingerprint density at radius 1 is 1.18 bits per heavy atom. The van der Waals surface area contributed by atoms with Crippen LogP contribution in [0.25, 0.3) is 0 Å². The minimum atomic E-state index is -1.63. The molecule has 2 aromatic carbocycles. The molecule has 3 atom stereocenters. The van der Waals surface area contributed by atoms with Gasteiger partial charge in [-0.1, -0.05) is 59.8 Å². The van der Waals surface area contributed by atoms with Crippen LogP contribution in [-0.4, -0.2) is 61.7 Å². The van der Waals surface area contributed by atoms with E-state index < -0.39 is 34.7 Å². The molecule has 2 unspecified atom stereocenters. The lowest BCUT2D eigenvalue weighted by molar-refractivity contribution is -0.147. The Morgan fingerprint density at radius 3 is 2.54 bits per heavy atom. The highest BCUT2D eigenvalue weighted by molar-refractivity contribution is 8.00. The molecular weight excluding hydrogens is 540 g/mol. The Balaban J connectivity index is 1.53. The molecule has 0 bridgehead atoms. The van der Waals surface area contributed by atoms with Gasteiger partial charge in [-0.05, 0) is 55.5 Å². The van der Waals surface area contributed by atoms with E-state index in [2.05, 4.69) is 15.8 Å². The van der Waals surface area contributed by atoms with E-state index in [0.717, 1.165) is 16.7 Å². The third kappa shape index (κ3) is 6.81. The first kappa shape index (κ1) is 28.7. The topological polar surface area (TPSA) is 125 Å². The van der Waals surface area contributed by atoms with Gasteiger partial charge in [0.05, 0.1) is 11.9 Å². The third-order valence-electron chi connectivity index (χ3n) is 6.75. The van der Waals surface area contributed by atoms with Crippen molar-refractivity contribution >= 4 is 41.1 Å². The number of hydrogen-bond donors (Lipinski definition) is 3. The molecule has 9 nitrogen and oxygen atoms in total. The second-order valence-corrected chi connectivity index (χ2v) is 11.9. The molecule has 11 heteroatoms. The van der Waals surface area contributed by atoms with Crippen molar-refractivity contribution in [2.45, 2.75) is 56.7 Å². The molecule has 0 spiro atoms. The fourth-order valence-electron chi connectivity index (χ4n) is 4.55. The van der Waals surface area contributed by atoms with Crippen LogP contribution in [0.1, 0.15) is 41.0 Å². The zero-order chi connectivity index (χ0) is 28.2. The van der Waals surface area contributed by atoms with Crippen LogP contribution < -0.4 is 10.6 Å². The summed E-state index contributed by atoms with van der Waals surface area (Å²) in [5, 5.41) is 20.5. The van der Waals surface area contributed by atoms with E-state index in [1.807, 2.05) is 75.4 Å². The summed E-state index contributed by atoms with van der Waals surface area (Å²) in [4.78, 5) is 41.3. The second kappa shape index (κ2) is 12.2. The number of aliphatic hydroxyl groups excluding tert-OH is 1. The number of halogens is 1. The van der Waals surface area contributed by atoms with E-state index in [-0.39, 0.29) is 29.1 Å². The summed E-state index contributed by atoms with van der Waals surface area (Å²) >= 11 is 7.21. The number of carbonyl (C=O) groups excluding carboxylic acids is 3. The SMILES string of the molecule is Cc1ccccc1CNC(=O)C1N(C(=O)[C@@H](O)C(Cc2ccccc2)NC(=O)c2cc(Cl)on2)CSC1(C)C. The molecule has 39 heavy (non-hydrogen) atoms. The smallest absolute Gasteiger partial charge is 0.273 e. The van der Waals surface area contributed by atoms with Crippen LogP contribution in [-0.2, 0) is 22.6 Å². The molecular formula is C28H31ClN4O5S. The summed E-state index contributed by atoms with van der Waals surface area (Å²) in [6.07, 6.45) is -1.46. The van der Waals surface area contributed by atoms with Gasteiger partial charge in [-0.25, -0.2) is 0 Å². The number of benzene rings is 2. The molecule has 1 saturated heterocycles. The summed E-state index contributed by atoms with van der Waals surface area (Å²) in [7, 11) is 0. The van der Waals surface area contributed by atoms with Crippen LogP contribution in [0.3, 0.4) is 0 Å². The number of aromatic nitrogens is 1. The average molecular weight is 571 g/mol. The Kier molecular flexibility index (Phi) is 8.99. The van der Waals surface area contributed by atoms with Gasteiger partial charge in [0.1, 0.15) is 6.04 Å². The number of hydrogen-bond acceptors (Lipinski definition) is 7. The van der Waals surface area contributed by atoms with Crippen LogP contribution >= 0.6 is 23.4 Å². The first-order valence-corrected chi connectivity index (χ1v) is 13.8. The normalized spacial score (nSPS) is 17.9. The Labute approximate surface area is 236 Å². The van der Waals surface area contributed by atoms with Crippen LogP contribution in [0.2, 0.25) is 5.22 Å². The van der Waals surface area contributed by atoms with E-state index in [4.69, 9.17) is 16.1 Å². The lowest BCUT2D eigenvalue weighted by Gasteiger charge is -2.33. The predicted molar refractivity (Wildman–Crippen MR) is 149 cm³/mol. The van der Waals surface area contributed by atoms with Crippen LogP contribution in [0.5, 0.6) is 0 Å². The molecule has 0 radical (unpaired) electrons. The molecule has 3 N–H and O–H groups in total. The van der Waals surface area contributed by atoms with E-state index in [1.54, 1.807) is 0 Å². The van der Waals surface area contributed by atoms with Crippen molar-refractivity contribution in [2.75, 3.05) is 5.88 Å². The number of rotatable bonds is 9.